The molecule has 0 spiro atoms. The van der Waals surface area contributed by atoms with Gasteiger partial charge in [-0.25, -0.2) is 0 Å². The van der Waals surface area contributed by atoms with Crippen LogP contribution in [0.15, 0.2) is 6.20 Å². The average molecular weight is 833 g/mol. The van der Waals surface area contributed by atoms with Crippen molar-refractivity contribution in [3.8, 4) is 0 Å². The molecule has 0 aromatic carbocycles. The van der Waals surface area contributed by atoms with E-state index in [-0.39, 0.29) is 30.8 Å². The van der Waals surface area contributed by atoms with Crippen LogP contribution >= 0.6 is 0 Å². The van der Waals surface area contributed by atoms with E-state index in [2.05, 4.69) is 42.9 Å². The maximum absolute atomic E-state index is 12.9. The maximum Gasteiger partial charge on any atom is 0.306 e. The number of aryl methyl sites for hydroxylation is 1. The van der Waals surface area contributed by atoms with Crippen LogP contribution in [0.1, 0.15) is 252 Å². The molecule has 0 fully saturated rings. The van der Waals surface area contributed by atoms with Gasteiger partial charge in [-0.2, -0.15) is 0 Å². The van der Waals surface area contributed by atoms with E-state index in [1.165, 1.54) is 103 Å². The van der Waals surface area contributed by atoms with E-state index in [0.29, 0.717) is 12.8 Å². The van der Waals surface area contributed by atoms with Crippen molar-refractivity contribution in [2.24, 2.45) is 0 Å². The van der Waals surface area contributed by atoms with Gasteiger partial charge in [-0.05, 0) is 109 Å². The Morgan fingerprint density at radius 1 is 0.542 bits per heavy atom. The summed E-state index contributed by atoms with van der Waals surface area (Å²) in [6.07, 6.45) is 40.6. The minimum absolute atomic E-state index is 0.0157. The SMILES string of the molecule is CCCCCCCCC(CCCCCC)OC(=O)CCCCCN(CCCCCC(=O)OC(CCCCCC)CCCCCCCC)CCn1cc(CCCCO)nn1. The van der Waals surface area contributed by atoms with E-state index < -0.39 is 0 Å². The van der Waals surface area contributed by atoms with Crippen molar-refractivity contribution in [2.75, 3.05) is 26.2 Å². The molecule has 59 heavy (non-hydrogen) atoms. The smallest absolute Gasteiger partial charge is 0.306 e. The van der Waals surface area contributed by atoms with E-state index in [1.807, 2.05) is 10.9 Å². The van der Waals surface area contributed by atoms with Crippen molar-refractivity contribution in [1.82, 2.24) is 19.9 Å². The molecule has 1 N–H and O–H groups in total. The van der Waals surface area contributed by atoms with Gasteiger partial charge in [0.2, 0.25) is 0 Å². The lowest BCUT2D eigenvalue weighted by Crippen LogP contribution is -2.30. The van der Waals surface area contributed by atoms with Crippen LogP contribution in [-0.4, -0.2) is 75.4 Å². The molecule has 1 aromatic heterocycles. The number of hydrogen-bond donors (Lipinski definition) is 1. The molecule has 1 aromatic rings. The van der Waals surface area contributed by atoms with E-state index >= 15 is 0 Å². The number of aromatic nitrogens is 3. The van der Waals surface area contributed by atoms with Crippen LogP contribution in [0.4, 0.5) is 0 Å². The van der Waals surface area contributed by atoms with Gasteiger partial charge in [0.05, 0.1) is 12.2 Å². The lowest BCUT2D eigenvalue weighted by atomic mass is 10.0. The summed E-state index contributed by atoms with van der Waals surface area (Å²) in [6, 6.07) is 0. The number of nitrogens with zero attached hydrogens (tertiary/aromatic N) is 4. The highest BCUT2D eigenvalue weighted by atomic mass is 16.5. The van der Waals surface area contributed by atoms with Crippen LogP contribution < -0.4 is 0 Å². The summed E-state index contributed by atoms with van der Waals surface area (Å²) in [4.78, 5) is 28.4. The molecule has 1 heterocycles. The molecule has 0 aliphatic carbocycles. The third-order valence-corrected chi connectivity index (χ3v) is 11.9. The first-order valence-corrected chi connectivity index (χ1v) is 25.6. The van der Waals surface area contributed by atoms with Crippen molar-refractivity contribution in [3.05, 3.63) is 11.9 Å². The summed E-state index contributed by atoms with van der Waals surface area (Å²) >= 11 is 0. The Morgan fingerprint density at radius 2 is 0.949 bits per heavy atom. The van der Waals surface area contributed by atoms with Gasteiger partial charge >= 0.3 is 11.9 Å². The first kappa shape index (κ1) is 55.0. The van der Waals surface area contributed by atoms with Gasteiger partial charge in [0.15, 0.2) is 0 Å². The zero-order chi connectivity index (χ0) is 42.9. The number of ether oxygens (including phenoxy) is 2. The summed E-state index contributed by atoms with van der Waals surface area (Å²) in [5.41, 5.74) is 0.981. The van der Waals surface area contributed by atoms with E-state index in [1.54, 1.807) is 0 Å². The molecule has 0 saturated heterocycles. The van der Waals surface area contributed by atoms with Gasteiger partial charge in [-0.15, -0.1) is 5.10 Å². The number of rotatable bonds is 45. The molecule has 0 saturated carbocycles. The van der Waals surface area contributed by atoms with E-state index in [4.69, 9.17) is 14.6 Å². The quantitative estimate of drug-likeness (QED) is 0.0511. The summed E-state index contributed by atoms with van der Waals surface area (Å²) in [7, 11) is 0. The van der Waals surface area contributed by atoms with E-state index in [9.17, 15) is 9.59 Å². The molecule has 0 aliphatic heterocycles. The number of hydrogen-bond acceptors (Lipinski definition) is 8. The fourth-order valence-electron chi connectivity index (χ4n) is 8.04. The van der Waals surface area contributed by atoms with Gasteiger partial charge in [-0.1, -0.05) is 148 Å². The van der Waals surface area contributed by atoms with Crippen molar-refractivity contribution in [2.45, 2.75) is 271 Å². The second-order valence-corrected chi connectivity index (χ2v) is 17.7. The molecule has 2 atom stereocenters. The van der Waals surface area contributed by atoms with Gasteiger partial charge in [0.1, 0.15) is 12.2 Å². The molecule has 0 bridgehead atoms. The van der Waals surface area contributed by atoms with Crippen LogP contribution in [-0.2, 0) is 32.0 Å². The molecular formula is C50H96N4O5. The Hall–Kier alpha value is -2.00. The summed E-state index contributed by atoms with van der Waals surface area (Å²) in [5.74, 6) is -0.0314. The van der Waals surface area contributed by atoms with Crippen molar-refractivity contribution >= 4 is 11.9 Å². The van der Waals surface area contributed by atoms with Gasteiger partial charge in [-0.3, -0.25) is 14.3 Å². The standard InChI is InChI=1S/C50H96N4O5/c1-5-9-13-17-19-25-36-47(34-23-15-11-7-3)58-49(56)38-27-21-30-40-53(42-43-54-45-46(51-52-54)33-29-32-44-55)41-31-22-28-39-50(57)59-48(35-24-16-12-8-4)37-26-20-18-14-10-6-2/h45,47-48,55H,5-44H2,1-4H3. The number of carbonyl (C=O) groups excluding carboxylic acids is 2. The zero-order valence-corrected chi connectivity index (χ0v) is 39.4. The molecule has 1 rings (SSSR count). The topological polar surface area (TPSA) is 107 Å². The molecule has 2 unspecified atom stereocenters. The largest absolute Gasteiger partial charge is 0.462 e. The van der Waals surface area contributed by atoms with Crippen molar-refractivity contribution < 1.29 is 24.2 Å². The highest BCUT2D eigenvalue weighted by molar-refractivity contribution is 5.69. The monoisotopic (exact) mass is 833 g/mol. The van der Waals surface area contributed by atoms with Crippen LogP contribution in [0, 0.1) is 0 Å². The van der Waals surface area contributed by atoms with Gasteiger partial charge in [0.25, 0.3) is 0 Å². The van der Waals surface area contributed by atoms with Crippen LogP contribution in [0.25, 0.3) is 0 Å². The first-order chi connectivity index (χ1) is 28.9. The highest BCUT2D eigenvalue weighted by Gasteiger charge is 2.16. The fraction of sp³-hybridized carbons (Fsp3) is 0.920. The summed E-state index contributed by atoms with van der Waals surface area (Å²) in [6.45, 7) is 12.8. The second-order valence-electron chi connectivity index (χ2n) is 17.7. The lowest BCUT2D eigenvalue weighted by Gasteiger charge is -2.22. The predicted octanol–water partition coefficient (Wildman–Crippen LogP) is 13.3. The highest BCUT2D eigenvalue weighted by Crippen LogP contribution is 2.19. The maximum atomic E-state index is 12.9. The number of carbonyl (C=O) groups is 2. The molecular weight excluding hydrogens is 737 g/mol. The van der Waals surface area contributed by atoms with Crippen LogP contribution in [0.3, 0.4) is 0 Å². The molecule has 0 radical (unpaired) electrons. The fourth-order valence-corrected chi connectivity index (χ4v) is 8.04. The number of esters is 2. The van der Waals surface area contributed by atoms with Crippen LogP contribution in [0.2, 0.25) is 0 Å². The van der Waals surface area contributed by atoms with Crippen molar-refractivity contribution in [1.29, 1.82) is 0 Å². The van der Waals surface area contributed by atoms with E-state index in [0.717, 1.165) is 141 Å². The summed E-state index contributed by atoms with van der Waals surface area (Å²) in [5, 5.41) is 17.9. The minimum atomic E-state index is -0.0157. The molecule has 0 aliphatic rings. The first-order valence-electron chi connectivity index (χ1n) is 25.6. The second kappa shape index (κ2) is 41.4. The summed E-state index contributed by atoms with van der Waals surface area (Å²) < 4.78 is 14.1. The lowest BCUT2D eigenvalue weighted by molar-refractivity contribution is -0.151. The molecule has 9 heteroatoms. The predicted molar refractivity (Wildman–Crippen MR) is 247 cm³/mol. The van der Waals surface area contributed by atoms with Gasteiger partial charge < -0.3 is 19.5 Å². The Bertz CT molecular complexity index is 1010. The molecule has 346 valence electrons. The number of aliphatic hydroxyl groups excluding tert-OH is 1. The number of unbranched alkanes of at least 4 members (excludes halogenated alkanes) is 21. The average Bonchev–Trinajstić information content (AvgIpc) is 3.69. The molecule has 0 amide bonds. The number of aliphatic hydroxyl groups is 1. The Kier molecular flexibility index (Phi) is 38.6. The zero-order valence-electron chi connectivity index (χ0n) is 39.4. The third-order valence-electron chi connectivity index (χ3n) is 11.9. The minimum Gasteiger partial charge on any atom is -0.462 e. The molecule has 9 nitrogen and oxygen atoms in total. The Balaban J connectivity index is 2.58. The Morgan fingerprint density at radius 3 is 1.39 bits per heavy atom. The normalized spacial score (nSPS) is 12.6. The van der Waals surface area contributed by atoms with Gasteiger partial charge in [0, 0.05) is 32.2 Å². The Labute approximate surface area is 364 Å². The van der Waals surface area contributed by atoms with Crippen molar-refractivity contribution in [3.63, 3.8) is 0 Å². The van der Waals surface area contributed by atoms with Crippen LogP contribution in [0.5, 0.6) is 0 Å². The third kappa shape index (κ3) is 34.3.